The predicted octanol–water partition coefficient (Wildman–Crippen LogP) is 4.83. The second kappa shape index (κ2) is 9.30. The minimum Gasteiger partial charge on any atom is -0.453 e. The van der Waals surface area contributed by atoms with Gasteiger partial charge in [0.15, 0.2) is 0 Å². The van der Waals surface area contributed by atoms with Gasteiger partial charge >= 0.3 is 6.09 Å². The number of ether oxygens (including phenoxy) is 1. The van der Waals surface area contributed by atoms with E-state index in [0.717, 1.165) is 45.6 Å². The number of nitrogens with one attached hydrogen (secondary N) is 2. The van der Waals surface area contributed by atoms with Crippen LogP contribution in [0.5, 0.6) is 0 Å². The third-order valence-corrected chi connectivity index (χ3v) is 6.59. The number of H-pyrrole nitrogens is 1. The van der Waals surface area contributed by atoms with E-state index < -0.39 is 6.09 Å². The molecule has 1 aliphatic rings. The van der Waals surface area contributed by atoms with E-state index >= 15 is 0 Å². The van der Waals surface area contributed by atoms with E-state index in [-0.39, 0.29) is 0 Å². The zero-order chi connectivity index (χ0) is 20.9. The van der Waals surface area contributed by atoms with Gasteiger partial charge in [0.2, 0.25) is 0 Å². The number of thiazole rings is 1. The Hall–Kier alpha value is -2.87. The maximum atomic E-state index is 11.4. The van der Waals surface area contributed by atoms with Crippen LogP contribution in [0.3, 0.4) is 0 Å². The molecule has 4 rings (SSSR count). The zero-order valence-electron chi connectivity index (χ0n) is 17.4. The van der Waals surface area contributed by atoms with Gasteiger partial charge in [-0.3, -0.25) is 5.10 Å². The van der Waals surface area contributed by atoms with Crippen LogP contribution in [0.25, 0.3) is 21.1 Å². The molecule has 3 heterocycles. The minimum absolute atomic E-state index is 0.334. The molecule has 0 radical (unpaired) electrons. The molecule has 1 unspecified atom stereocenters. The van der Waals surface area contributed by atoms with Gasteiger partial charge in [-0.2, -0.15) is 5.10 Å². The van der Waals surface area contributed by atoms with E-state index in [0.29, 0.717) is 12.6 Å². The van der Waals surface area contributed by atoms with Gasteiger partial charge in [-0.05, 0) is 31.7 Å². The first-order valence-electron chi connectivity index (χ1n) is 10.4. The molecular weight excluding hydrogens is 398 g/mol. The summed E-state index contributed by atoms with van der Waals surface area (Å²) in [7, 11) is 1.35. The largest absolute Gasteiger partial charge is 0.453 e. The number of anilines is 1. The predicted molar refractivity (Wildman–Crippen MR) is 120 cm³/mol. The van der Waals surface area contributed by atoms with Gasteiger partial charge in [-0.15, -0.1) is 11.3 Å². The monoisotopic (exact) mass is 425 g/mol. The highest BCUT2D eigenvalue weighted by Gasteiger charge is 2.28. The Kier molecular flexibility index (Phi) is 6.32. The highest BCUT2D eigenvalue weighted by atomic mass is 32.1. The van der Waals surface area contributed by atoms with Crippen molar-refractivity contribution >= 4 is 23.2 Å². The molecule has 1 aromatic carbocycles. The van der Waals surface area contributed by atoms with Crippen molar-refractivity contribution in [2.24, 2.45) is 0 Å². The Morgan fingerprint density at radius 3 is 2.93 bits per heavy atom. The first kappa shape index (κ1) is 20.4. The number of hydrogen-bond acceptors (Lipinski definition) is 6. The van der Waals surface area contributed by atoms with E-state index in [4.69, 9.17) is 4.98 Å². The normalized spacial score (nSPS) is 16.5. The third kappa shape index (κ3) is 4.33. The molecule has 0 spiro atoms. The van der Waals surface area contributed by atoms with E-state index in [1.807, 2.05) is 24.3 Å². The van der Waals surface area contributed by atoms with Crippen LogP contribution < -0.4 is 10.2 Å². The van der Waals surface area contributed by atoms with Crippen molar-refractivity contribution in [1.29, 1.82) is 0 Å². The van der Waals surface area contributed by atoms with Gasteiger partial charge in [0, 0.05) is 18.2 Å². The van der Waals surface area contributed by atoms with Crippen molar-refractivity contribution in [3.8, 4) is 21.1 Å². The summed E-state index contributed by atoms with van der Waals surface area (Å²) in [5.41, 5.74) is 2.79. The summed E-state index contributed by atoms with van der Waals surface area (Å²) in [6, 6.07) is 12.8. The standard InChI is InChI=1S/C22H27N5O2S/c1-3-17-11-7-8-12-27(17)20-19(30-21(24-20)15-9-5-4-6-10-15)18-13-16(25-26-18)14-23-22(28)29-2/h4-6,9-10,13,17H,3,7-8,11-12,14H2,1-2H3,(H,23,28)(H,25,26). The molecule has 0 aliphatic carbocycles. The molecule has 158 valence electrons. The molecule has 1 saturated heterocycles. The number of carbonyl (C=O) groups is 1. The smallest absolute Gasteiger partial charge is 0.407 e. The highest BCUT2D eigenvalue weighted by molar-refractivity contribution is 7.19. The van der Waals surface area contributed by atoms with Crippen LogP contribution >= 0.6 is 11.3 Å². The number of aromatic amines is 1. The van der Waals surface area contributed by atoms with Crippen LogP contribution in [0.15, 0.2) is 36.4 Å². The lowest BCUT2D eigenvalue weighted by Crippen LogP contribution is -2.39. The summed E-state index contributed by atoms with van der Waals surface area (Å²) >= 11 is 1.67. The molecule has 2 N–H and O–H groups in total. The lowest BCUT2D eigenvalue weighted by atomic mass is 10.00. The van der Waals surface area contributed by atoms with E-state index in [1.54, 1.807) is 11.3 Å². The molecule has 2 aromatic heterocycles. The van der Waals surface area contributed by atoms with Gasteiger partial charge in [0.25, 0.3) is 0 Å². The summed E-state index contributed by atoms with van der Waals surface area (Å²) in [5, 5.41) is 11.2. The SMILES string of the molecule is CCC1CCCCN1c1nc(-c2ccccc2)sc1-c1cc(CNC(=O)OC)[nH]n1. The Bertz CT molecular complexity index is 985. The van der Waals surface area contributed by atoms with Gasteiger partial charge < -0.3 is 15.0 Å². The molecular formula is C22H27N5O2S. The lowest BCUT2D eigenvalue weighted by Gasteiger charge is -2.36. The zero-order valence-corrected chi connectivity index (χ0v) is 18.2. The average molecular weight is 426 g/mol. The minimum atomic E-state index is -0.463. The van der Waals surface area contributed by atoms with Gasteiger partial charge in [-0.25, -0.2) is 9.78 Å². The number of alkyl carbamates (subject to hydrolysis) is 1. The summed E-state index contributed by atoms with van der Waals surface area (Å²) in [4.78, 5) is 20.0. The van der Waals surface area contributed by atoms with Crippen LogP contribution in [0.2, 0.25) is 0 Å². The average Bonchev–Trinajstić information content (AvgIpc) is 3.45. The quantitative estimate of drug-likeness (QED) is 0.591. The molecule has 8 heteroatoms. The number of piperidine rings is 1. The first-order valence-corrected chi connectivity index (χ1v) is 11.2. The fourth-order valence-electron chi connectivity index (χ4n) is 3.89. The first-order chi connectivity index (χ1) is 14.7. The number of benzene rings is 1. The van der Waals surface area contributed by atoms with Gasteiger partial charge in [-0.1, -0.05) is 37.3 Å². The van der Waals surface area contributed by atoms with Crippen molar-refractivity contribution in [3.05, 3.63) is 42.1 Å². The second-order valence-electron chi connectivity index (χ2n) is 7.41. The summed E-state index contributed by atoms with van der Waals surface area (Å²) < 4.78 is 4.64. The Morgan fingerprint density at radius 1 is 1.33 bits per heavy atom. The van der Waals surface area contributed by atoms with E-state index in [9.17, 15) is 4.79 Å². The number of methoxy groups -OCH3 is 1. The van der Waals surface area contributed by atoms with Crippen LogP contribution in [-0.4, -0.2) is 41.0 Å². The molecule has 1 fully saturated rings. The molecule has 1 atom stereocenters. The van der Waals surface area contributed by atoms with Gasteiger partial charge in [0.1, 0.15) is 16.5 Å². The molecule has 30 heavy (non-hydrogen) atoms. The summed E-state index contributed by atoms with van der Waals surface area (Å²) in [5.74, 6) is 1.02. The number of amides is 1. The molecule has 0 bridgehead atoms. The number of nitrogens with zero attached hydrogens (tertiary/aromatic N) is 3. The second-order valence-corrected chi connectivity index (χ2v) is 8.41. The number of aromatic nitrogens is 3. The van der Waals surface area contributed by atoms with Gasteiger partial charge in [0.05, 0.1) is 24.2 Å². The third-order valence-electron chi connectivity index (χ3n) is 5.47. The fourth-order valence-corrected chi connectivity index (χ4v) is 4.93. The Morgan fingerprint density at radius 2 is 2.17 bits per heavy atom. The van der Waals surface area contributed by atoms with Crippen molar-refractivity contribution in [1.82, 2.24) is 20.5 Å². The molecule has 0 saturated carbocycles. The molecule has 3 aromatic rings. The van der Waals surface area contributed by atoms with Crippen LogP contribution in [0.1, 0.15) is 38.3 Å². The summed E-state index contributed by atoms with van der Waals surface area (Å²) in [6.45, 7) is 3.60. The van der Waals surface area contributed by atoms with Crippen molar-refractivity contribution in [2.75, 3.05) is 18.6 Å². The number of rotatable bonds is 6. The fraction of sp³-hybridized carbons (Fsp3) is 0.409. The number of hydrogen-bond donors (Lipinski definition) is 2. The highest BCUT2D eigenvalue weighted by Crippen LogP contribution is 2.41. The van der Waals surface area contributed by atoms with Crippen molar-refractivity contribution < 1.29 is 9.53 Å². The Balaban J connectivity index is 1.70. The summed E-state index contributed by atoms with van der Waals surface area (Å²) in [6.07, 6.45) is 4.29. The Labute approximate surface area is 180 Å². The van der Waals surface area contributed by atoms with Crippen LogP contribution in [0, 0.1) is 0 Å². The van der Waals surface area contributed by atoms with Crippen LogP contribution in [0.4, 0.5) is 10.6 Å². The van der Waals surface area contributed by atoms with E-state index in [2.05, 4.69) is 44.2 Å². The van der Waals surface area contributed by atoms with Crippen molar-refractivity contribution in [3.63, 3.8) is 0 Å². The molecule has 1 amide bonds. The molecule has 7 nitrogen and oxygen atoms in total. The molecule has 1 aliphatic heterocycles. The van der Waals surface area contributed by atoms with Crippen LogP contribution in [-0.2, 0) is 11.3 Å². The maximum absolute atomic E-state index is 11.4. The number of carbonyl (C=O) groups excluding carboxylic acids is 1. The maximum Gasteiger partial charge on any atom is 0.407 e. The van der Waals surface area contributed by atoms with E-state index in [1.165, 1.54) is 26.4 Å². The lowest BCUT2D eigenvalue weighted by molar-refractivity contribution is 0.170. The topological polar surface area (TPSA) is 83.1 Å². The van der Waals surface area contributed by atoms with Crippen molar-refractivity contribution in [2.45, 2.75) is 45.2 Å².